The van der Waals surface area contributed by atoms with Crippen LogP contribution in [0.2, 0.25) is 0 Å². The van der Waals surface area contributed by atoms with E-state index in [4.69, 9.17) is 10.4 Å². The molecular formula is C9H10N4O2S. The Bertz CT molecular complexity index is 531. The number of hydrogen-bond acceptors (Lipinski definition) is 6. The van der Waals surface area contributed by atoms with Gasteiger partial charge in [-0.1, -0.05) is 5.16 Å². The smallest absolute Gasteiger partial charge is 0.277 e. The number of hydrogen-bond donors (Lipinski definition) is 2. The maximum atomic E-state index is 11.4. The lowest BCUT2D eigenvalue weighted by atomic mass is 10.3. The minimum atomic E-state index is -0.346. The molecule has 2 aromatic rings. The summed E-state index contributed by atoms with van der Waals surface area (Å²) in [7, 11) is 0. The summed E-state index contributed by atoms with van der Waals surface area (Å²) in [5, 5.41) is 4.48. The Hall–Kier alpha value is -1.73. The third-order valence-electron chi connectivity index (χ3n) is 1.98. The van der Waals surface area contributed by atoms with Crippen molar-refractivity contribution >= 4 is 17.2 Å². The maximum absolute atomic E-state index is 11.4. The van der Waals surface area contributed by atoms with Gasteiger partial charge in [-0.15, -0.1) is 11.3 Å². The molecule has 2 aromatic heterocycles. The van der Waals surface area contributed by atoms with Crippen LogP contribution in [0.15, 0.2) is 10.6 Å². The Balaban J connectivity index is 2.41. The van der Waals surface area contributed by atoms with Gasteiger partial charge in [0.05, 0.1) is 5.69 Å². The average molecular weight is 238 g/mol. The molecular weight excluding hydrogens is 228 g/mol. The van der Waals surface area contributed by atoms with Crippen molar-refractivity contribution in [2.75, 3.05) is 0 Å². The highest BCUT2D eigenvalue weighted by molar-refractivity contribution is 7.17. The van der Waals surface area contributed by atoms with Crippen LogP contribution in [0.3, 0.4) is 0 Å². The molecule has 0 saturated carbocycles. The van der Waals surface area contributed by atoms with Crippen LogP contribution < -0.4 is 11.3 Å². The Kier molecular flexibility index (Phi) is 2.71. The maximum Gasteiger partial charge on any atom is 0.277 e. The number of nitrogen functional groups attached to an aromatic ring is 1. The summed E-state index contributed by atoms with van der Waals surface area (Å²) in [4.78, 5) is 16.1. The van der Waals surface area contributed by atoms with Gasteiger partial charge in [-0.05, 0) is 13.8 Å². The van der Waals surface area contributed by atoms with E-state index in [0.717, 1.165) is 0 Å². The van der Waals surface area contributed by atoms with Gasteiger partial charge >= 0.3 is 0 Å². The van der Waals surface area contributed by atoms with Crippen LogP contribution in [0.4, 0.5) is 0 Å². The number of amides is 1. The molecule has 7 heteroatoms. The van der Waals surface area contributed by atoms with Gasteiger partial charge in [-0.3, -0.25) is 10.2 Å². The van der Waals surface area contributed by atoms with E-state index in [1.165, 1.54) is 11.3 Å². The van der Waals surface area contributed by atoms with Crippen molar-refractivity contribution < 1.29 is 9.32 Å². The monoisotopic (exact) mass is 238 g/mol. The third kappa shape index (κ3) is 1.82. The van der Waals surface area contributed by atoms with E-state index in [9.17, 15) is 4.79 Å². The molecule has 0 saturated heterocycles. The highest BCUT2D eigenvalue weighted by atomic mass is 32.1. The summed E-state index contributed by atoms with van der Waals surface area (Å²) in [6, 6.07) is 1.77. The molecule has 0 bridgehead atoms. The lowest BCUT2D eigenvalue weighted by molar-refractivity contribution is 0.0957. The van der Waals surface area contributed by atoms with Gasteiger partial charge < -0.3 is 4.52 Å². The zero-order valence-electron chi connectivity index (χ0n) is 8.77. The first-order valence-electron chi connectivity index (χ1n) is 4.54. The molecule has 0 radical (unpaired) electrons. The summed E-state index contributed by atoms with van der Waals surface area (Å²) in [6.07, 6.45) is 0. The number of thiazole rings is 1. The van der Waals surface area contributed by atoms with Crippen LogP contribution in [0.1, 0.15) is 21.1 Å². The third-order valence-corrected chi connectivity index (χ3v) is 3.16. The zero-order valence-corrected chi connectivity index (χ0v) is 9.59. The van der Waals surface area contributed by atoms with Gasteiger partial charge in [-0.25, -0.2) is 10.8 Å². The molecule has 0 aliphatic heterocycles. The van der Waals surface area contributed by atoms with E-state index < -0.39 is 0 Å². The normalized spacial score (nSPS) is 10.4. The fourth-order valence-corrected chi connectivity index (χ4v) is 2.17. The van der Waals surface area contributed by atoms with Crippen molar-refractivity contribution in [1.82, 2.24) is 15.6 Å². The molecule has 0 aliphatic rings. The second-order valence-electron chi connectivity index (χ2n) is 3.23. The lowest BCUT2D eigenvalue weighted by Crippen LogP contribution is -2.29. The molecule has 0 atom stereocenters. The first-order chi connectivity index (χ1) is 7.61. The average Bonchev–Trinajstić information content (AvgIpc) is 2.83. The van der Waals surface area contributed by atoms with Crippen molar-refractivity contribution in [2.24, 2.45) is 5.84 Å². The molecule has 3 N–H and O–H groups in total. The summed E-state index contributed by atoms with van der Waals surface area (Å²) in [6.45, 7) is 3.54. The molecule has 0 aliphatic carbocycles. The molecule has 84 valence electrons. The molecule has 0 spiro atoms. The fourth-order valence-electron chi connectivity index (χ4n) is 1.25. The van der Waals surface area contributed by atoms with E-state index in [-0.39, 0.29) is 5.91 Å². The molecule has 0 unspecified atom stereocenters. The van der Waals surface area contributed by atoms with Gasteiger partial charge in [0.25, 0.3) is 5.91 Å². The highest BCUT2D eigenvalue weighted by Gasteiger charge is 2.16. The van der Waals surface area contributed by atoms with Crippen molar-refractivity contribution in [1.29, 1.82) is 0 Å². The van der Waals surface area contributed by atoms with E-state index in [0.29, 0.717) is 27.0 Å². The Labute approximate surface area is 95.4 Å². The van der Waals surface area contributed by atoms with Gasteiger partial charge in [-0.2, -0.15) is 0 Å². The number of nitrogens with zero attached hydrogens (tertiary/aromatic N) is 2. The van der Waals surface area contributed by atoms with E-state index in [1.807, 2.05) is 0 Å². The number of carbonyl (C=O) groups excluding carboxylic acids is 1. The van der Waals surface area contributed by atoms with Crippen LogP contribution in [0, 0.1) is 13.8 Å². The molecule has 0 fully saturated rings. The number of hydrazine groups is 1. The van der Waals surface area contributed by atoms with Gasteiger partial charge in [0, 0.05) is 6.07 Å². The fraction of sp³-hybridized carbons (Fsp3) is 0.222. The molecule has 2 rings (SSSR count). The number of aromatic nitrogens is 2. The van der Waals surface area contributed by atoms with Crippen LogP contribution in [-0.2, 0) is 0 Å². The van der Waals surface area contributed by atoms with E-state index in [1.54, 1.807) is 19.9 Å². The minimum absolute atomic E-state index is 0.346. The van der Waals surface area contributed by atoms with Gasteiger partial charge in [0.15, 0.2) is 0 Å². The first-order valence-corrected chi connectivity index (χ1v) is 5.35. The van der Waals surface area contributed by atoms with E-state index >= 15 is 0 Å². The van der Waals surface area contributed by atoms with E-state index in [2.05, 4.69) is 15.6 Å². The minimum Gasteiger partial charge on any atom is -0.361 e. The topological polar surface area (TPSA) is 94.0 Å². The van der Waals surface area contributed by atoms with Crippen LogP contribution in [-0.4, -0.2) is 16.0 Å². The quantitative estimate of drug-likeness (QED) is 0.462. The number of nitrogens with one attached hydrogen (secondary N) is 1. The number of nitrogens with two attached hydrogens (primary N) is 1. The van der Waals surface area contributed by atoms with Gasteiger partial charge in [0.1, 0.15) is 21.3 Å². The lowest BCUT2D eigenvalue weighted by Gasteiger charge is -1.93. The molecule has 6 nitrogen and oxygen atoms in total. The predicted molar refractivity (Wildman–Crippen MR) is 58.7 cm³/mol. The summed E-state index contributed by atoms with van der Waals surface area (Å²) < 4.78 is 4.95. The molecule has 1 amide bonds. The van der Waals surface area contributed by atoms with Crippen molar-refractivity contribution in [3.8, 4) is 10.7 Å². The summed E-state index contributed by atoms with van der Waals surface area (Å²) in [5.41, 5.74) is 3.33. The number of rotatable bonds is 2. The van der Waals surface area contributed by atoms with Crippen LogP contribution >= 0.6 is 11.3 Å². The number of aryl methyl sites for hydroxylation is 2. The Morgan fingerprint density at radius 1 is 1.56 bits per heavy atom. The zero-order chi connectivity index (χ0) is 11.7. The first kappa shape index (κ1) is 10.8. The molecule has 2 heterocycles. The molecule has 0 aromatic carbocycles. The second-order valence-corrected chi connectivity index (χ2v) is 4.23. The highest BCUT2D eigenvalue weighted by Crippen LogP contribution is 2.27. The largest absolute Gasteiger partial charge is 0.361 e. The van der Waals surface area contributed by atoms with Crippen LogP contribution in [0.5, 0.6) is 0 Å². The van der Waals surface area contributed by atoms with Crippen molar-refractivity contribution in [2.45, 2.75) is 13.8 Å². The van der Waals surface area contributed by atoms with Crippen molar-refractivity contribution in [3.63, 3.8) is 0 Å². The number of carbonyl (C=O) groups is 1. The summed E-state index contributed by atoms with van der Waals surface area (Å²) in [5.74, 6) is 5.43. The SMILES string of the molecule is Cc1cc(-c2nc(C)c(C(=O)NN)s2)no1. The second kappa shape index (κ2) is 4.03. The summed E-state index contributed by atoms with van der Waals surface area (Å²) >= 11 is 1.23. The van der Waals surface area contributed by atoms with Gasteiger partial charge in [0.2, 0.25) is 0 Å². The van der Waals surface area contributed by atoms with Crippen molar-refractivity contribution in [3.05, 3.63) is 22.4 Å². The molecule has 16 heavy (non-hydrogen) atoms. The van der Waals surface area contributed by atoms with Crippen LogP contribution in [0.25, 0.3) is 10.7 Å². The standard InChI is InChI=1S/C9H10N4O2S/c1-4-3-6(13-15-4)9-11-5(2)7(16-9)8(14)12-10/h3H,10H2,1-2H3,(H,12,14). The Morgan fingerprint density at radius 2 is 2.31 bits per heavy atom. The predicted octanol–water partition coefficient (Wildman–Crippen LogP) is 1.02. The Morgan fingerprint density at radius 3 is 2.88 bits per heavy atom.